The van der Waals surface area contributed by atoms with Gasteiger partial charge in [0.05, 0.1) is 0 Å². The third-order valence-electron chi connectivity index (χ3n) is 2.91. The normalized spacial score (nSPS) is 17.1. The molecule has 1 saturated carbocycles. The summed E-state index contributed by atoms with van der Waals surface area (Å²) >= 11 is 0. The monoisotopic (exact) mass is 205 g/mol. The van der Waals surface area contributed by atoms with Crippen LogP contribution >= 0.6 is 0 Å². The highest BCUT2D eigenvalue weighted by molar-refractivity contribution is 5.94. The fraction of sp³-hybridized carbons (Fsp3) is 0.417. The van der Waals surface area contributed by atoms with E-state index in [1.807, 2.05) is 0 Å². The minimum absolute atomic E-state index is 0.0666. The van der Waals surface area contributed by atoms with Crippen LogP contribution in [0.2, 0.25) is 0 Å². The lowest BCUT2D eigenvalue weighted by atomic mass is 10.1. The molecule has 80 valence electrons. The molecule has 3 nitrogen and oxygen atoms in total. The second-order valence-corrected chi connectivity index (χ2v) is 4.54. The molecule has 0 heterocycles. The van der Waals surface area contributed by atoms with E-state index in [-0.39, 0.29) is 11.7 Å². The summed E-state index contributed by atoms with van der Waals surface area (Å²) in [6.07, 6.45) is 2.39. The fourth-order valence-corrected chi connectivity index (χ4v) is 1.40. The molecule has 1 aromatic rings. The molecular weight excluding hydrogens is 190 g/mol. The van der Waals surface area contributed by atoms with E-state index >= 15 is 0 Å². The van der Waals surface area contributed by atoms with Crippen LogP contribution in [0.1, 0.15) is 30.1 Å². The van der Waals surface area contributed by atoms with Crippen molar-refractivity contribution in [1.82, 2.24) is 5.32 Å². The average Bonchev–Trinajstić information content (AvgIpc) is 2.95. The molecule has 0 aliphatic heterocycles. The number of benzene rings is 1. The summed E-state index contributed by atoms with van der Waals surface area (Å²) in [5.41, 5.74) is 0.920. The quantitative estimate of drug-likeness (QED) is 0.792. The molecule has 0 radical (unpaired) electrons. The van der Waals surface area contributed by atoms with E-state index in [9.17, 15) is 4.79 Å². The Kier molecular flexibility index (Phi) is 2.39. The summed E-state index contributed by atoms with van der Waals surface area (Å²) in [5, 5.41) is 12.0. The molecule has 0 unspecified atom stereocenters. The number of phenolic OH excluding ortho intramolecular Hbond substituents is 1. The van der Waals surface area contributed by atoms with Crippen molar-refractivity contribution in [3.63, 3.8) is 0 Å². The molecule has 0 bridgehead atoms. The SMILES string of the molecule is CC1(CNC(=O)c2ccc(O)cc2)CC1. The summed E-state index contributed by atoms with van der Waals surface area (Å²) in [6.45, 7) is 2.91. The van der Waals surface area contributed by atoms with E-state index in [1.54, 1.807) is 12.1 Å². The first-order valence-electron chi connectivity index (χ1n) is 5.16. The number of amides is 1. The third-order valence-corrected chi connectivity index (χ3v) is 2.91. The van der Waals surface area contributed by atoms with Gasteiger partial charge < -0.3 is 10.4 Å². The molecule has 1 aliphatic carbocycles. The number of nitrogens with one attached hydrogen (secondary N) is 1. The van der Waals surface area contributed by atoms with E-state index < -0.39 is 0 Å². The smallest absolute Gasteiger partial charge is 0.251 e. The first kappa shape index (κ1) is 10.0. The minimum Gasteiger partial charge on any atom is -0.508 e. The molecule has 1 fully saturated rings. The van der Waals surface area contributed by atoms with Crippen molar-refractivity contribution < 1.29 is 9.90 Å². The Hall–Kier alpha value is -1.51. The number of rotatable bonds is 3. The summed E-state index contributed by atoms with van der Waals surface area (Å²) in [5.74, 6) is 0.115. The van der Waals surface area contributed by atoms with Crippen molar-refractivity contribution in [3.8, 4) is 5.75 Å². The summed E-state index contributed by atoms with van der Waals surface area (Å²) in [6, 6.07) is 6.29. The molecular formula is C12H15NO2. The predicted octanol–water partition coefficient (Wildman–Crippen LogP) is 1.92. The van der Waals surface area contributed by atoms with Crippen LogP contribution in [-0.2, 0) is 0 Å². The van der Waals surface area contributed by atoms with E-state index in [0.717, 1.165) is 6.54 Å². The first-order chi connectivity index (χ1) is 7.09. The second kappa shape index (κ2) is 3.57. The molecule has 1 aliphatic rings. The molecule has 2 N–H and O–H groups in total. The lowest BCUT2D eigenvalue weighted by Gasteiger charge is -2.09. The number of aromatic hydroxyl groups is 1. The van der Waals surface area contributed by atoms with Gasteiger partial charge in [0.1, 0.15) is 5.75 Å². The highest BCUT2D eigenvalue weighted by Gasteiger charge is 2.37. The Morgan fingerprint density at radius 1 is 1.40 bits per heavy atom. The molecule has 0 spiro atoms. The van der Waals surface area contributed by atoms with Crippen molar-refractivity contribution in [2.45, 2.75) is 19.8 Å². The van der Waals surface area contributed by atoms with Crippen molar-refractivity contribution in [3.05, 3.63) is 29.8 Å². The van der Waals surface area contributed by atoms with Crippen molar-refractivity contribution >= 4 is 5.91 Å². The highest BCUT2D eigenvalue weighted by atomic mass is 16.3. The van der Waals surface area contributed by atoms with Gasteiger partial charge in [-0.25, -0.2) is 0 Å². The van der Waals surface area contributed by atoms with Crippen molar-refractivity contribution in [1.29, 1.82) is 0 Å². The molecule has 2 rings (SSSR count). The van der Waals surface area contributed by atoms with E-state index in [1.165, 1.54) is 25.0 Å². The average molecular weight is 205 g/mol. The molecule has 0 aromatic heterocycles. The lowest BCUT2D eigenvalue weighted by Crippen LogP contribution is -2.28. The zero-order valence-corrected chi connectivity index (χ0v) is 8.79. The fourth-order valence-electron chi connectivity index (χ4n) is 1.40. The van der Waals surface area contributed by atoms with Gasteiger partial charge in [-0.2, -0.15) is 0 Å². The Labute approximate surface area is 89.1 Å². The molecule has 3 heteroatoms. The zero-order chi connectivity index (χ0) is 10.9. The molecule has 1 aromatic carbocycles. The number of carbonyl (C=O) groups excluding carboxylic acids is 1. The zero-order valence-electron chi connectivity index (χ0n) is 8.79. The minimum atomic E-state index is -0.0666. The van der Waals surface area contributed by atoms with Crippen LogP contribution in [0, 0.1) is 5.41 Å². The highest BCUT2D eigenvalue weighted by Crippen LogP contribution is 2.44. The standard InChI is InChI=1S/C12H15NO2/c1-12(6-7-12)8-13-11(15)9-2-4-10(14)5-3-9/h2-5,14H,6-8H2,1H3,(H,13,15). The van der Waals surface area contributed by atoms with Gasteiger partial charge in [0.15, 0.2) is 0 Å². The topological polar surface area (TPSA) is 49.3 Å². The van der Waals surface area contributed by atoms with E-state index in [0.29, 0.717) is 11.0 Å². The molecule has 1 amide bonds. The van der Waals surface area contributed by atoms with Gasteiger partial charge in [0.25, 0.3) is 5.91 Å². The van der Waals surface area contributed by atoms with Gasteiger partial charge in [-0.1, -0.05) is 6.92 Å². The molecule has 0 atom stereocenters. The predicted molar refractivity (Wildman–Crippen MR) is 57.8 cm³/mol. The van der Waals surface area contributed by atoms with Crippen LogP contribution in [0.5, 0.6) is 5.75 Å². The maximum absolute atomic E-state index is 11.6. The Morgan fingerprint density at radius 2 is 2.00 bits per heavy atom. The van der Waals surface area contributed by atoms with Crippen LogP contribution in [0.25, 0.3) is 0 Å². The van der Waals surface area contributed by atoms with Gasteiger partial charge in [0, 0.05) is 12.1 Å². The number of hydrogen-bond acceptors (Lipinski definition) is 2. The van der Waals surface area contributed by atoms with Gasteiger partial charge >= 0.3 is 0 Å². The van der Waals surface area contributed by atoms with Crippen LogP contribution in [0.3, 0.4) is 0 Å². The van der Waals surface area contributed by atoms with Gasteiger partial charge in [-0.15, -0.1) is 0 Å². The van der Waals surface area contributed by atoms with Gasteiger partial charge in [0.2, 0.25) is 0 Å². The second-order valence-electron chi connectivity index (χ2n) is 4.54. The van der Waals surface area contributed by atoms with Gasteiger partial charge in [-0.05, 0) is 42.5 Å². The largest absolute Gasteiger partial charge is 0.508 e. The van der Waals surface area contributed by atoms with Crippen LogP contribution in [-0.4, -0.2) is 17.6 Å². The van der Waals surface area contributed by atoms with Crippen LogP contribution in [0.4, 0.5) is 0 Å². The van der Waals surface area contributed by atoms with Crippen molar-refractivity contribution in [2.24, 2.45) is 5.41 Å². The third kappa shape index (κ3) is 2.49. The van der Waals surface area contributed by atoms with Crippen LogP contribution in [0.15, 0.2) is 24.3 Å². The van der Waals surface area contributed by atoms with Crippen molar-refractivity contribution in [2.75, 3.05) is 6.54 Å². The maximum Gasteiger partial charge on any atom is 0.251 e. The molecule has 0 saturated heterocycles. The Morgan fingerprint density at radius 3 is 2.53 bits per heavy atom. The summed E-state index contributed by atoms with van der Waals surface area (Å²) in [4.78, 5) is 11.6. The first-order valence-corrected chi connectivity index (χ1v) is 5.16. The Bertz CT molecular complexity index is 366. The number of hydrogen-bond donors (Lipinski definition) is 2. The molecule has 15 heavy (non-hydrogen) atoms. The number of carbonyl (C=O) groups is 1. The van der Waals surface area contributed by atoms with E-state index in [2.05, 4.69) is 12.2 Å². The Balaban J connectivity index is 1.92. The maximum atomic E-state index is 11.6. The lowest BCUT2D eigenvalue weighted by molar-refractivity contribution is 0.0946. The summed E-state index contributed by atoms with van der Waals surface area (Å²) in [7, 11) is 0. The number of phenols is 1. The van der Waals surface area contributed by atoms with E-state index in [4.69, 9.17) is 5.11 Å². The summed E-state index contributed by atoms with van der Waals surface area (Å²) < 4.78 is 0. The van der Waals surface area contributed by atoms with Crippen LogP contribution < -0.4 is 5.32 Å². The van der Waals surface area contributed by atoms with Gasteiger partial charge in [-0.3, -0.25) is 4.79 Å².